The molecule has 0 bridgehead atoms. The Hall–Kier alpha value is -3.22. The van der Waals surface area contributed by atoms with Gasteiger partial charge in [-0.3, -0.25) is 14.9 Å². The highest BCUT2D eigenvalue weighted by Crippen LogP contribution is 2.48. The number of carboxylic acid groups (broad SMARTS) is 1. The summed E-state index contributed by atoms with van der Waals surface area (Å²) < 4.78 is 19.7. The molecule has 1 aliphatic rings. The van der Waals surface area contributed by atoms with Crippen LogP contribution in [-0.2, 0) is 11.2 Å². The van der Waals surface area contributed by atoms with Gasteiger partial charge in [-0.2, -0.15) is 5.10 Å². The van der Waals surface area contributed by atoms with Crippen LogP contribution in [0.4, 0.5) is 4.39 Å². The number of aromatic nitrogens is 3. The van der Waals surface area contributed by atoms with Gasteiger partial charge in [0.1, 0.15) is 11.6 Å². The number of pyridine rings is 1. The van der Waals surface area contributed by atoms with Gasteiger partial charge in [-0.1, -0.05) is 12.1 Å². The van der Waals surface area contributed by atoms with Crippen LogP contribution in [0.3, 0.4) is 0 Å². The molecule has 1 aromatic carbocycles. The van der Waals surface area contributed by atoms with E-state index in [4.69, 9.17) is 9.84 Å². The van der Waals surface area contributed by atoms with Crippen LogP contribution < -0.4 is 4.74 Å². The normalized spacial score (nSPS) is 18.3. The zero-order valence-corrected chi connectivity index (χ0v) is 14.4. The number of halogens is 1. The van der Waals surface area contributed by atoms with Crippen molar-refractivity contribution in [2.45, 2.75) is 18.8 Å². The summed E-state index contributed by atoms with van der Waals surface area (Å²) in [6.45, 7) is 0.420. The van der Waals surface area contributed by atoms with Crippen molar-refractivity contribution in [1.29, 1.82) is 0 Å². The van der Waals surface area contributed by atoms with Crippen molar-refractivity contribution >= 4 is 5.97 Å². The monoisotopic (exact) mass is 367 g/mol. The molecule has 0 aliphatic heterocycles. The van der Waals surface area contributed by atoms with Crippen molar-refractivity contribution in [3.63, 3.8) is 0 Å². The molecule has 138 valence electrons. The molecule has 2 N–H and O–H groups in total. The Morgan fingerprint density at radius 1 is 1.30 bits per heavy atom. The minimum absolute atomic E-state index is 0.220. The molecule has 1 saturated carbocycles. The highest BCUT2D eigenvalue weighted by atomic mass is 19.1. The Labute approximate surface area is 155 Å². The Bertz CT molecular complexity index is 942. The maximum Gasteiger partial charge on any atom is 0.307 e. The molecule has 7 heteroatoms. The van der Waals surface area contributed by atoms with Gasteiger partial charge in [0.15, 0.2) is 0 Å². The number of aromatic amines is 1. The minimum Gasteiger partial charge on any atom is -0.492 e. The highest BCUT2D eigenvalue weighted by Gasteiger charge is 2.45. The fraction of sp³-hybridized carbons (Fsp3) is 0.250. The smallest absolute Gasteiger partial charge is 0.307 e. The van der Waals surface area contributed by atoms with Crippen LogP contribution in [0.25, 0.3) is 11.4 Å². The van der Waals surface area contributed by atoms with Crippen LogP contribution in [0, 0.1) is 11.7 Å². The lowest BCUT2D eigenvalue weighted by molar-refractivity contribution is -0.138. The zero-order valence-electron chi connectivity index (χ0n) is 14.4. The van der Waals surface area contributed by atoms with Crippen molar-refractivity contribution in [3.8, 4) is 17.1 Å². The van der Waals surface area contributed by atoms with E-state index in [1.165, 1.54) is 6.07 Å². The maximum absolute atomic E-state index is 14.0. The van der Waals surface area contributed by atoms with Gasteiger partial charge in [-0.25, -0.2) is 4.39 Å². The topological polar surface area (TPSA) is 88.1 Å². The van der Waals surface area contributed by atoms with E-state index in [9.17, 15) is 9.18 Å². The van der Waals surface area contributed by atoms with Gasteiger partial charge in [0.05, 0.1) is 30.1 Å². The summed E-state index contributed by atoms with van der Waals surface area (Å²) >= 11 is 0. The van der Waals surface area contributed by atoms with Gasteiger partial charge in [0.25, 0.3) is 0 Å². The molecule has 6 nitrogen and oxygen atoms in total. The van der Waals surface area contributed by atoms with Crippen molar-refractivity contribution in [2.24, 2.45) is 5.92 Å². The van der Waals surface area contributed by atoms with Crippen LogP contribution in [0.1, 0.15) is 23.5 Å². The molecule has 2 aromatic heterocycles. The molecule has 2 atom stereocenters. The molecular weight excluding hydrogens is 349 g/mol. The minimum atomic E-state index is -0.862. The Morgan fingerprint density at radius 3 is 2.85 bits per heavy atom. The number of hydrogen-bond donors (Lipinski definition) is 2. The highest BCUT2D eigenvalue weighted by molar-refractivity contribution is 5.75. The largest absolute Gasteiger partial charge is 0.492 e. The number of rotatable bonds is 7. The molecule has 2 heterocycles. The number of nitrogens with zero attached hydrogens (tertiary/aromatic N) is 2. The standard InChI is InChI=1S/C20H18FN3O3/c21-17-3-1-12(9-15(17)14-10-16(14)20(25)26)6-8-27-13-2-4-18(22-11-13)19-5-7-23-24-19/h1-5,7,9,11,14,16H,6,8,10H2,(H,23,24)(H,25,26). The van der Waals surface area contributed by atoms with Crippen LogP contribution in [0.5, 0.6) is 5.75 Å². The third-order valence-corrected chi connectivity index (χ3v) is 4.74. The molecule has 27 heavy (non-hydrogen) atoms. The number of nitrogens with one attached hydrogen (secondary N) is 1. The molecule has 1 fully saturated rings. The van der Waals surface area contributed by atoms with Crippen molar-refractivity contribution in [3.05, 3.63) is 65.7 Å². The van der Waals surface area contributed by atoms with Gasteiger partial charge in [0, 0.05) is 18.5 Å². The van der Waals surface area contributed by atoms with Gasteiger partial charge < -0.3 is 9.84 Å². The Kier molecular flexibility index (Phi) is 4.58. The van der Waals surface area contributed by atoms with Crippen LogP contribution in [0.2, 0.25) is 0 Å². The SMILES string of the molecule is O=C(O)C1CC1c1cc(CCOc2ccc(-c3ccn[nH]3)nc2)ccc1F. The summed E-state index contributed by atoms with van der Waals surface area (Å²) in [5.74, 6) is -1.24. The van der Waals surface area contributed by atoms with E-state index in [0.717, 1.165) is 17.0 Å². The van der Waals surface area contributed by atoms with E-state index in [0.29, 0.717) is 30.8 Å². The van der Waals surface area contributed by atoms with Gasteiger partial charge >= 0.3 is 5.97 Å². The van der Waals surface area contributed by atoms with Crippen LogP contribution in [-0.4, -0.2) is 32.9 Å². The fourth-order valence-corrected chi connectivity index (χ4v) is 3.15. The Morgan fingerprint density at radius 2 is 2.19 bits per heavy atom. The second kappa shape index (κ2) is 7.19. The first kappa shape index (κ1) is 17.2. The zero-order chi connectivity index (χ0) is 18.8. The Balaban J connectivity index is 1.35. The summed E-state index contributed by atoms with van der Waals surface area (Å²) in [4.78, 5) is 15.3. The number of hydrogen-bond acceptors (Lipinski definition) is 4. The molecule has 0 amide bonds. The number of carboxylic acids is 1. The summed E-state index contributed by atoms with van der Waals surface area (Å²) in [6.07, 6.45) is 4.41. The van der Waals surface area contributed by atoms with Crippen LogP contribution in [0.15, 0.2) is 48.8 Å². The molecule has 2 unspecified atom stereocenters. The maximum atomic E-state index is 14.0. The van der Waals surface area contributed by atoms with E-state index in [1.54, 1.807) is 24.5 Å². The van der Waals surface area contributed by atoms with E-state index >= 15 is 0 Å². The summed E-state index contributed by atoms with van der Waals surface area (Å²) in [6, 6.07) is 10.4. The second-order valence-electron chi connectivity index (χ2n) is 6.59. The van der Waals surface area contributed by atoms with Crippen molar-refractivity contribution < 1.29 is 19.0 Å². The second-order valence-corrected chi connectivity index (χ2v) is 6.59. The van der Waals surface area contributed by atoms with Gasteiger partial charge in [0.2, 0.25) is 0 Å². The van der Waals surface area contributed by atoms with E-state index in [1.807, 2.05) is 18.2 Å². The molecule has 3 aromatic rings. The molecule has 0 spiro atoms. The lowest BCUT2D eigenvalue weighted by Crippen LogP contribution is -2.04. The van der Waals surface area contributed by atoms with E-state index in [2.05, 4.69) is 15.2 Å². The summed E-state index contributed by atoms with van der Waals surface area (Å²) in [5.41, 5.74) is 3.02. The van der Waals surface area contributed by atoms with Crippen molar-refractivity contribution in [2.75, 3.05) is 6.61 Å². The van der Waals surface area contributed by atoms with Crippen molar-refractivity contribution in [1.82, 2.24) is 15.2 Å². The van der Waals surface area contributed by atoms with Gasteiger partial charge in [-0.15, -0.1) is 0 Å². The number of benzene rings is 1. The summed E-state index contributed by atoms with van der Waals surface area (Å²) in [7, 11) is 0. The average molecular weight is 367 g/mol. The first-order chi connectivity index (χ1) is 13.1. The molecule has 1 aliphatic carbocycles. The summed E-state index contributed by atoms with van der Waals surface area (Å²) in [5, 5.41) is 15.8. The predicted molar refractivity (Wildman–Crippen MR) is 95.9 cm³/mol. The number of aliphatic carboxylic acids is 1. The van der Waals surface area contributed by atoms with E-state index in [-0.39, 0.29) is 11.7 Å². The first-order valence-corrected chi connectivity index (χ1v) is 8.71. The molecule has 0 saturated heterocycles. The third kappa shape index (κ3) is 3.81. The van der Waals surface area contributed by atoms with E-state index < -0.39 is 11.9 Å². The lowest BCUT2D eigenvalue weighted by atomic mass is 10.0. The molecular formula is C20H18FN3O3. The number of ether oxygens (including phenoxy) is 1. The number of H-pyrrole nitrogens is 1. The average Bonchev–Trinajstić information content (AvgIpc) is 3.29. The predicted octanol–water partition coefficient (Wildman–Crippen LogP) is 3.42. The molecule has 4 rings (SSSR count). The first-order valence-electron chi connectivity index (χ1n) is 8.71. The molecule has 0 radical (unpaired) electrons. The lowest BCUT2D eigenvalue weighted by Gasteiger charge is -2.09. The quantitative estimate of drug-likeness (QED) is 0.668. The van der Waals surface area contributed by atoms with Crippen LogP contribution >= 0.6 is 0 Å². The third-order valence-electron chi connectivity index (χ3n) is 4.74. The number of carbonyl (C=O) groups is 1. The van der Waals surface area contributed by atoms with Gasteiger partial charge in [-0.05, 0) is 41.8 Å². The fourth-order valence-electron chi connectivity index (χ4n) is 3.15.